The minimum Gasteiger partial charge on any atom is -0.467 e. The van der Waals surface area contributed by atoms with Crippen LogP contribution >= 0.6 is 11.6 Å². The van der Waals surface area contributed by atoms with Gasteiger partial charge in [0.25, 0.3) is 0 Å². The topological polar surface area (TPSA) is 31.2 Å². The number of carbonyl (C=O) groups excluding carboxylic acids is 1. The zero-order valence-corrected chi connectivity index (χ0v) is 9.95. The Kier molecular flexibility index (Phi) is 3.33. The van der Waals surface area contributed by atoms with Crippen LogP contribution in [0.1, 0.15) is 0 Å². The highest BCUT2D eigenvalue weighted by molar-refractivity contribution is 6.31. The van der Waals surface area contributed by atoms with E-state index in [1.165, 1.54) is 7.11 Å². The molecule has 0 aliphatic heterocycles. The molecule has 0 spiro atoms. The summed E-state index contributed by atoms with van der Waals surface area (Å²) in [5.41, 5.74) is 0.795. The molecule has 0 amide bonds. The SMILES string of the molecule is COC(=O)C(F)Cn1ccc2ccc(Cl)cc21. The van der Waals surface area contributed by atoms with Crippen molar-refractivity contribution >= 4 is 28.5 Å². The maximum atomic E-state index is 13.5. The number of rotatable bonds is 3. The number of methoxy groups -OCH3 is 1. The summed E-state index contributed by atoms with van der Waals surface area (Å²) < 4.78 is 19.4. The molecule has 90 valence electrons. The van der Waals surface area contributed by atoms with Gasteiger partial charge < -0.3 is 9.30 Å². The summed E-state index contributed by atoms with van der Waals surface area (Å²) in [7, 11) is 1.17. The number of hydrogen-bond acceptors (Lipinski definition) is 2. The zero-order valence-electron chi connectivity index (χ0n) is 9.19. The number of benzene rings is 1. The third-order valence-electron chi connectivity index (χ3n) is 2.55. The van der Waals surface area contributed by atoms with Gasteiger partial charge in [0.1, 0.15) is 0 Å². The van der Waals surface area contributed by atoms with Crippen LogP contribution in [0, 0.1) is 0 Å². The summed E-state index contributed by atoms with van der Waals surface area (Å²) in [5, 5.41) is 1.53. The third-order valence-corrected chi connectivity index (χ3v) is 2.78. The Hall–Kier alpha value is -1.55. The minimum absolute atomic E-state index is 0.0729. The van der Waals surface area contributed by atoms with E-state index in [0.29, 0.717) is 5.02 Å². The monoisotopic (exact) mass is 255 g/mol. The van der Waals surface area contributed by atoms with Gasteiger partial charge in [-0.2, -0.15) is 0 Å². The van der Waals surface area contributed by atoms with Gasteiger partial charge in [-0.15, -0.1) is 0 Å². The van der Waals surface area contributed by atoms with Crippen LogP contribution in [0.15, 0.2) is 30.5 Å². The van der Waals surface area contributed by atoms with Crippen LogP contribution in [0.25, 0.3) is 10.9 Å². The Balaban J connectivity index is 2.30. The molecule has 1 aromatic heterocycles. The fraction of sp³-hybridized carbons (Fsp3) is 0.250. The van der Waals surface area contributed by atoms with E-state index < -0.39 is 12.1 Å². The second-order valence-corrected chi connectivity index (χ2v) is 4.10. The van der Waals surface area contributed by atoms with Gasteiger partial charge in [-0.1, -0.05) is 17.7 Å². The van der Waals surface area contributed by atoms with Gasteiger partial charge in [0.15, 0.2) is 0 Å². The highest BCUT2D eigenvalue weighted by Crippen LogP contribution is 2.21. The van der Waals surface area contributed by atoms with Crippen LogP contribution in [0.4, 0.5) is 4.39 Å². The predicted octanol–water partition coefficient (Wildman–Crippen LogP) is 2.81. The van der Waals surface area contributed by atoms with Gasteiger partial charge in [0.2, 0.25) is 6.17 Å². The molecule has 1 heterocycles. The first kappa shape index (κ1) is 11.9. The van der Waals surface area contributed by atoms with E-state index in [1.54, 1.807) is 22.9 Å². The van der Waals surface area contributed by atoms with E-state index in [1.807, 2.05) is 12.1 Å². The third kappa shape index (κ3) is 2.42. The molecule has 0 bridgehead atoms. The lowest BCUT2D eigenvalue weighted by Gasteiger charge is -2.08. The highest BCUT2D eigenvalue weighted by atomic mass is 35.5. The number of fused-ring (bicyclic) bond motifs is 1. The van der Waals surface area contributed by atoms with Crippen molar-refractivity contribution in [2.75, 3.05) is 7.11 Å². The number of aromatic nitrogens is 1. The Morgan fingerprint density at radius 2 is 2.29 bits per heavy atom. The molecule has 0 fully saturated rings. The smallest absolute Gasteiger partial charge is 0.342 e. The molecule has 1 unspecified atom stereocenters. The molecular weight excluding hydrogens is 245 g/mol. The highest BCUT2D eigenvalue weighted by Gasteiger charge is 2.18. The van der Waals surface area contributed by atoms with Gasteiger partial charge in [-0.25, -0.2) is 9.18 Å². The molecule has 1 aromatic carbocycles. The molecule has 5 heteroatoms. The quantitative estimate of drug-likeness (QED) is 0.790. The minimum atomic E-state index is -1.67. The molecular formula is C12H11ClFNO2. The molecule has 0 saturated carbocycles. The summed E-state index contributed by atoms with van der Waals surface area (Å²) in [6, 6.07) is 7.19. The van der Waals surface area contributed by atoms with Crippen molar-refractivity contribution in [3.63, 3.8) is 0 Å². The first-order valence-corrected chi connectivity index (χ1v) is 5.46. The van der Waals surface area contributed by atoms with E-state index >= 15 is 0 Å². The molecule has 2 rings (SSSR count). The summed E-state index contributed by atoms with van der Waals surface area (Å²) in [4.78, 5) is 11.0. The molecule has 0 aliphatic rings. The van der Waals surface area contributed by atoms with Gasteiger partial charge in [-0.3, -0.25) is 0 Å². The lowest BCUT2D eigenvalue weighted by atomic mass is 10.2. The van der Waals surface area contributed by atoms with Crippen LogP contribution < -0.4 is 0 Å². The molecule has 1 atom stereocenters. The summed E-state index contributed by atoms with van der Waals surface area (Å²) in [5.74, 6) is -0.867. The largest absolute Gasteiger partial charge is 0.467 e. The fourth-order valence-corrected chi connectivity index (χ4v) is 1.86. The molecule has 17 heavy (non-hydrogen) atoms. The average molecular weight is 256 g/mol. The van der Waals surface area contributed by atoms with Crippen LogP contribution in [0.5, 0.6) is 0 Å². The van der Waals surface area contributed by atoms with E-state index in [0.717, 1.165) is 10.9 Å². The summed E-state index contributed by atoms with van der Waals surface area (Å²) in [6.07, 6.45) is 0.0471. The maximum Gasteiger partial charge on any atom is 0.342 e. The van der Waals surface area contributed by atoms with E-state index in [-0.39, 0.29) is 6.54 Å². The number of hydrogen-bond donors (Lipinski definition) is 0. The fourth-order valence-electron chi connectivity index (χ4n) is 1.69. The van der Waals surface area contributed by atoms with Crippen LogP contribution in [0.2, 0.25) is 5.02 Å². The summed E-state index contributed by atoms with van der Waals surface area (Å²) >= 11 is 5.88. The zero-order chi connectivity index (χ0) is 12.4. The first-order chi connectivity index (χ1) is 8.11. The molecule has 0 radical (unpaired) electrons. The second-order valence-electron chi connectivity index (χ2n) is 3.66. The van der Waals surface area contributed by atoms with Gasteiger partial charge in [-0.05, 0) is 23.6 Å². The van der Waals surface area contributed by atoms with E-state index in [2.05, 4.69) is 4.74 Å². The molecule has 0 N–H and O–H groups in total. The number of ether oxygens (including phenoxy) is 1. The molecule has 0 aliphatic carbocycles. The first-order valence-electron chi connectivity index (χ1n) is 5.08. The lowest BCUT2D eigenvalue weighted by molar-refractivity contribution is -0.146. The van der Waals surface area contributed by atoms with Crippen molar-refractivity contribution in [3.05, 3.63) is 35.5 Å². The van der Waals surface area contributed by atoms with Gasteiger partial charge in [0, 0.05) is 16.7 Å². The van der Waals surface area contributed by atoms with Crippen LogP contribution in [-0.2, 0) is 16.1 Å². The van der Waals surface area contributed by atoms with Crippen molar-refractivity contribution in [1.29, 1.82) is 0 Å². The number of esters is 1. The van der Waals surface area contributed by atoms with Crippen LogP contribution in [-0.4, -0.2) is 23.8 Å². The Labute approximate surface area is 103 Å². The van der Waals surface area contributed by atoms with Crippen molar-refractivity contribution in [1.82, 2.24) is 4.57 Å². The van der Waals surface area contributed by atoms with Crippen molar-refractivity contribution < 1.29 is 13.9 Å². The Morgan fingerprint density at radius 1 is 1.53 bits per heavy atom. The summed E-state index contributed by atoms with van der Waals surface area (Å²) in [6.45, 7) is -0.0729. The Morgan fingerprint density at radius 3 is 3.00 bits per heavy atom. The second kappa shape index (κ2) is 4.75. The molecule has 2 aromatic rings. The average Bonchev–Trinajstić information content (AvgIpc) is 2.71. The molecule has 3 nitrogen and oxygen atoms in total. The van der Waals surface area contributed by atoms with Crippen molar-refractivity contribution in [2.45, 2.75) is 12.7 Å². The number of alkyl halides is 1. The normalized spacial score (nSPS) is 12.6. The van der Waals surface area contributed by atoms with Crippen molar-refractivity contribution in [2.24, 2.45) is 0 Å². The van der Waals surface area contributed by atoms with Crippen molar-refractivity contribution in [3.8, 4) is 0 Å². The van der Waals surface area contributed by atoms with E-state index in [9.17, 15) is 9.18 Å². The van der Waals surface area contributed by atoms with Crippen LogP contribution in [0.3, 0.4) is 0 Å². The number of halogens is 2. The van der Waals surface area contributed by atoms with Gasteiger partial charge in [0.05, 0.1) is 13.7 Å². The Bertz CT molecular complexity index is 552. The predicted molar refractivity (Wildman–Crippen MR) is 63.9 cm³/mol. The molecule has 0 saturated heterocycles. The number of nitrogens with zero attached hydrogens (tertiary/aromatic N) is 1. The standard InChI is InChI=1S/C12H11ClFNO2/c1-17-12(16)10(14)7-15-5-4-8-2-3-9(13)6-11(8)15/h2-6,10H,7H2,1H3. The van der Waals surface area contributed by atoms with E-state index in [4.69, 9.17) is 11.6 Å². The number of carbonyl (C=O) groups is 1. The van der Waals surface area contributed by atoms with Gasteiger partial charge >= 0.3 is 5.97 Å². The lowest BCUT2D eigenvalue weighted by Crippen LogP contribution is -2.22. The maximum absolute atomic E-state index is 13.5.